The number of imidazole rings is 2. The first-order chi connectivity index (χ1) is 22.7. The lowest BCUT2D eigenvalue weighted by molar-refractivity contribution is -0.0943. The van der Waals surface area contributed by atoms with Gasteiger partial charge in [0.2, 0.25) is 5.72 Å². The van der Waals surface area contributed by atoms with Gasteiger partial charge in [0.05, 0.1) is 29.0 Å². The van der Waals surface area contributed by atoms with Gasteiger partial charge in [-0.3, -0.25) is 9.80 Å². The molecule has 2 saturated heterocycles. The van der Waals surface area contributed by atoms with Crippen molar-refractivity contribution in [1.82, 2.24) is 29.7 Å². The molecule has 0 aliphatic carbocycles. The molecule has 1 unspecified atom stereocenters. The van der Waals surface area contributed by atoms with Crippen molar-refractivity contribution in [1.29, 1.82) is 0 Å². The Kier molecular flexibility index (Phi) is 8.84. The molecule has 3 N–H and O–H groups in total. The fourth-order valence-corrected chi connectivity index (χ4v) is 6.32. The lowest BCUT2D eigenvalue weighted by atomic mass is 10.1. The maximum absolute atomic E-state index is 12.8. The highest BCUT2D eigenvalue weighted by molar-refractivity contribution is 5.79. The summed E-state index contributed by atoms with van der Waals surface area (Å²) in [5.41, 5.74) is 2.83. The van der Waals surface area contributed by atoms with Gasteiger partial charge in [0.25, 0.3) is 0 Å². The Morgan fingerprint density at radius 1 is 0.979 bits per heavy atom. The van der Waals surface area contributed by atoms with Crippen molar-refractivity contribution in [3.63, 3.8) is 0 Å². The number of hydrogen-bond acceptors (Lipinski definition) is 7. The molecule has 11 heteroatoms. The zero-order valence-electron chi connectivity index (χ0n) is 28.7. The Bertz CT molecular complexity index is 1810. The van der Waals surface area contributed by atoms with Crippen LogP contribution in [-0.2, 0) is 21.6 Å². The van der Waals surface area contributed by atoms with Crippen molar-refractivity contribution < 1.29 is 24.2 Å². The van der Waals surface area contributed by atoms with E-state index in [0.717, 1.165) is 53.0 Å². The Morgan fingerprint density at radius 3 is 2.44 bits per heavy atom. The molecular formula is C37H46N6O5. The first-order valence-corrected chi connectivity index (χ1v) is 16.7. The average molecular weight is 655 g/mol. The molecule has 2 aromatic carbocycles. The molecule has 2 amide bonds. The first-order valence-electron chi connectivity index (χ1n) is 16.7. The second kappa shape index (κ2) is 12.8. The number of likely N-dealkylation sites (tertiary alicyclic amines) is 2. The van der Waals surface area contributed by atoms with Gasteiger partial charge in [-0.15, -0.1) is 0 Å². The monoisotopic (exact) mass is 654 g/mol. The van der Waals surface area contributed by atoms with E-state index >= 15 is 0 Å². The molecule has 4 aromatic rings. The molecule has 2 atom stereocenters. The third kappa shape index (κ3) is 7.26. The van der Waals surface area contributed by atoms with E-state index in [1.54, 1.807) is 4.90 Å². The minimum absolute atomic E-state index is 0.121. The molecule has 11 nitrogen and oxygen atoms in total. The zero-order valence-corrected chi connectivity index (χ0v) is 28.7. The van der Waals surface area contributed by atoms with Crippen LogP contribution in [0.25, 0.3) is 28.4 Å². The van der Waals surface area contributed by atoms with Gasteiger partial charge in [0.15, 0.2) is 5.82 Å². The van der Waals surface area contributed by atoms with E-state index < -0.39 is 23.0 Å². The number of aromatic nitrogens is 4. The van der Waals surface area contributed by atoms with Crippen molar-refractivity contribution in [3.05, 3.63) is 77.5 Å². The molecule has 2 aromatic heterocycles. The first kappa shape index (κ1) is 33.3. The second-order valence-corrected chi connectivity index (χ2v) is 14.7. The van der Waals surface area contributed by atoms with Gasteiger partial charge in [0.1, 0.15) is 17.0 Å². The predicted octanol–water partition coefficient (Wildman–Crippen LogP) is 7.46. The molecule has 0 spiro atoms. The van der Waals surface area contributed by atoms with Crippen LogP contribution in [0, 0.1) is 0 Å². The molecule has 2 fully saturated rings. The summed E-state index contributed by atoms with van der Waals surface area (Å²) in [4.78, 5) is 44.7. The van der Waals surface area contributed by atoms with Gasteiger partial charge in [-0.1, -0.05) is 42.5 Å². The van der Waals surface area contributed by atoms with Gasteiger partial charge in [0, 0.05) is 19.5 Å². The number of nitrogens with zero attached hydrogens (tertiary/aromatic N) is 4. The van der Waals surface area contributed by atoms with Crippen molar-refractivity contribution in [2.45, 2.75) is 96.6 Å². The van der Waals surface area contributed by atoms with E-state index in [1.165, 1.54) is 4.90 Å². The maximum Gasteiger partial charge on any atom is 0.412 e. The summed E-state index contributed by atoms with van der Waals surface area (Å²) in [6, 6.07) is 14.1. The SMILES string of the molecule is CC(C)(C)OC(=O)N1CCCC1c1ncc(-c2ccc(C/C=C/c3ccc4[nH]c([C@@]5(O)CCCN5C(=O)OC(C)(C)C)nc4c3)cc2)[nH]1. The van der Waals surface area contributed by atoms with Crippen LogP contribution in [0.15, 0.2) is 54.7 Å². The number of fused-ring (bicyclic) bond motifs is 1. The van der Waals surface area contributed by atoms with E-state index in [9.17, 15) is 14.7 Å². The van der Waals surface area contributed by atoms with E-state index in [-0.39, 0.29) is 12.1 Å². The number of H-pyrrole nitrogens is 2. The highest BCUT2D eigenvalue weighted by Crippen LogP contribution is 2.37. The quantitative estimate of drug-likeness (QED) is 0.196. The molecule has 2 aliphatic rings. The van der Waals surface area contributed by atoms with Crippen LogP contribution in [0.2, 0.25) is 0 Å². The normalized spacial score (nSPS) is 20.3. The van der Waals surface area contributed by atoms with Crippen LogP contribution in [0.5, 0.6) is 0 Å². The number of carbonyl (C=O) groups is 2. The maximum atomic E-state index is 12.8. The van der Waals surface area contributed by atoms with Crippen LogP contribution in [0.1, 0.15) is 96.0 Å². The number of rotatable bonds is 6. The summed E-state index contributed by atoms with van der Waals surface area (Å²) in [6.07, 6.45) is 8.68. The summed E-state index contributed by atoms with van der Waals surface area (Å²) in [6.45, 7) is 12.1. The number of aromatic amines is 2. The number of ether oxygens (including phenoxy) is 2. The third-order valence-corrected chi connectivity index (χ3v) is 8.57. The third-order valence-electron chi connectivity index (χ3n) is 8.57. The molecule has 6 rings (SSSR count). The zero-order chi connectivity index (χ0) is 34.3. The highest BCUT2D eigenvalue weighted by atomic mass is 16.6. The van der Waals surface area contributed by atoms with Crippen LogP contribution in [-0.4, -0.2) is 71.3 Å². The van der Waals surface area contributed by atoms with Crippen LogP contribution >= 0.6 is 0 Å². The number of aliphatic hydroxyl groups is 1. The summed E-state index contributed by atoms with van der Waals surface area (Å²) < 4.78 is 11.2. The average Bonchev–Trinajstić information content (AvgIpc) is 3.81. The summed E-state index contributed by atoms with van der Waals surface area (Å²) in [5.74, 6) is 1.12. The minimum atomic E-state index is -1.54. The van der Waals surface area contributed by atoms with Gasteiger partial charge in [-0.25, -0.2) is 19.6 Å². The Labute approximate surface area is 281 Å². The summed E-state index contributed by atoms with van der Waals surface area (Å²) in [5, 5.41) is 11.5. The van der Waals surface area contributed by atoms with E-state index in [0.29, 0.717) is 37.3 Å². The van der Waals surface area contributed by atoms with Crippen LogP contribution < -0.4 is 0 Å². The van der Waals surface area contributed by atoms with Gasteiger partial charge >= 0.3 is 12.2 Å². The van der Waals surface area contributed by atoms with Crippen molar-refractivity contribution in [3.8, 4) is 11.3 Å². The fraction of sp³-hybridized carbons (Fsp3) is 0.459. The second-order valence-electron chi connectivity index (χ2n) is 14.7. The fourth-order valence-electron chi connectivity index (χ4n) is 6.32. The van der Waals surface area contributed by atoms with Crippen molar-refractivity contribution in [2.24, 2.45) is 0 Å². The predicted molar refractivity (Wildman–Crippen MR) is 184 cm³/mol. The Hall–Kier alpha value is -4.64. The van der Waals surface area contributed by atoms with Crippen LogP contribution in [0.4, 0.5) is 9.59 Å². The lowest BCUT2D eigenvalue weighted by Crippen LogP contribution is -2.47. The molecule has 0 saturated carbocycles. The largest absolute Gasteiger partial charge is 0.444 e. The molecular weight excluding hydrogens is 608 g/mol. The number of carbonyl (C=O) groups excluding carboxylic acids is 2. The topological polar surface area (TPSA) is 137 Å². The number of allylic oxidation sites excluding steroid dienone is 1. The molecule has 0 bridgehead atoms. The molecule has 2 aliphatic heterocycles. The van der Waals surface area contributed by atoms with Crippen LogP contribution in [0.3, 0.4) is 0 Å². The molecule has 0 radical (unpaired) electrons. The van der Waals surface area contributed by atoms with E-state index in [1.807, 2.05) is 65.9 Å². The number of nitrogens with one attached hydrogen (secondary N) is 2. The Morgan fingerprint density at radius 2 is 1.71 bits per heavy atom. The van der Waals surface area contributed by atoms with Gasteiger partial charge in [-0.2, -0.15) is 0 Å². The van der Waals surface area contributed by atoms with Crippen molar-refractivity contribution >= 4 is 29.3 Å². The summed E-state index contributed by atoms with van der Waals surface area (Å²) in [7, 11) is 0. The lowest BCUT2D eigenvalue weighted by Gasteiger charge is -2.33. The Balaban J connectivity index is 1.09. The number of hydrogen-bond donors (Lipinski definition) is 3. The standard InChI is InChI=1S/C37H46N6O5/c1-35(2,3)47-33(44)42-20-8-12-30(42)31-38-23-29(39-31)26-16-13-24(14-17-26)10-7-11-25-15-18-27-28(22-25)41-32(40-27)37(46)19-9-21-43(37)34(45)48-36(4,5)6/h7,11,13-18,22-23,30,46H,8-10,12,19-21H2,1-6H3,(H,38,39)(H,40,41)/b11-7+/t30?,37-/m0/s1. The number of amides is 2. The molecule has 254 valence electrons. The van der Waals surface area contributed by atoms with Gasteiger partial charge < -0.3 is 24.5 Å². The van der Waals surface area contributed by atoms with E-state index in [4.69, 9.17) is 14.5 Å². The summed E-state index contributed by atoms with van der Waals surface area (Å²) >= 11 is 0. The number of benzene rings is 2. The van der Waals surface area contributed by atoms with Gasteiger partial charge in [-0.05, 0) is 96.0 Å². The van der Waals surface area contributed by atoms with E-state index in [2.05, 4.69) is 51.4 Å². The van der Waals surface area contributed by atoms with Crippen molar-refractivity contribution in [2.75, 3.05) is 13.1 Å². The molecule has 48 heavy (non-hydrogen) atoms. The minimum Gasteiger partial charge on any atom is -0.444 e. The highest BCUT2D eigenvalue weighted by Gasteiger charge is 2.47. The smallest absolute Gasteiger partial charge is 0.412 e. The molecule has 4 heterocycles.